The Bertz CT molecular complexity index is 1210. The fraction of sp³-hybridized carbons (Fsp3) is 0.348. The third kappa shape index (κ3) is 6.53. The second-order valence-electron chi connectivity index (χ2n) is 8.57. The molecule has 1 aliphatic heterocycles. The van der Waals surface area contributed by atoms with Crippen LogP contribution in [0.1, 0.15) is 19.4 Å². The number of carboxylic acids is 1. The summed E-state index contributed by atoms with van der Waals surface area (Å²) in [4.78, 5) is 37.1. The number of sulfonamides is 1. The Morgan fingerprint density at radius 2 is 1.75 bits per heavy atom. The van der Waals surface area contributed by atoms with Crippen molar-refractivity contribution in [1.29, 1.82) is 0 Å². The number of thioether (sulfide) groups is 1. The van der Waals surface area contributed by atoms with E-state index in [0.717, 1.165) is 4.31 Å². The largest absolute Gasteiger partial charge is 0.480 e. The van der Waals surface area contributed by atoms with E-state index in [2.05, 4.69) is 16.0 Å². The van der Waals surface area contributed by atoms with E-state index in [-0.39, 0.29) is 17.3 Å². The smallest absolute Gasteiger partial charge is 0.328 e. The van der Waals surface area contributed by atoms with Crippen LogP contribution in [0.3, 0.4) is 0 Å². The lowest BCUT2D eigenvalue weighted by atomic mass is 10.0. The van der Waals surface area contributed by atoms with E-state index in [1.54, 1.807) is 32.0 Å². The number of carbonyl (C=O) groups is 3. The van der Waals surface area contributed by atoms with Crippen LogP contribution >= 0.6 is 11.8 Å². The average molecular weight is 539 g/mol. The predicted octanol–water partition coefficient (Wildman–Crippen LogP) is 1.74. The van der Waals surface area contributed by atoms with E-state index < -0.39 is 57.1 Å². The normalized spacial score (nSPS) is 18.2. The van der Waals surface area contributed by atoms with Crippen molar-refractivity contribution in [1.82, 2.24) is 20.3 Å². The monoisotopic (exact) mass is 538 g/mol. The van der Waals surface area contributed by atoms with Crippen molar-refractivity contribution in [2.24, 2.45) is 0 Å². The summed E-state index contributed by atoms with van der Waals surface area (Å²) in [7, 11) is -4.02. The predicted molar refractivity (Wildman–Crippen MR) is 132 cm³/mol. The molecule has 10 nitrogen and oxygen atoms in total. The molecule has 0 aliphatic carbocycles. The van der Waals surface area contributed by atoms with Crippen LogP contribution in [0.15, 0.2) is 59.5 Å². The Hall–Kier alpha value is -3.16. The van der Waals surface area contributed by atoms with Gasteiger partial charge in [0.25, 0.3) is 0 Å². The van der Waals surface area contributed by atoms with Crippen LogP contribution in [0.5, 0.6) is 0 Å². The molecule has 1 heterocycles. The molecule has 0 saturated carbocycles. The zero-order valence-electron chi connectivity index (χ0n) is 19.6. The van der Waals surface area contributed by atoms with Crippen molar-refractivity contribution in [3.05, 3.63) is 66.0 Å². The molecule has 194 valence electrons. The molecule has 13 heteroatoms. The Kier molecular flexibility index (Phi) is 8.59. The fourth-order valence-electron chi connectivity index (χ4n) is 3.61. The van der Waals surface area contributed by atoms with Gasteiger partial charge in [0.15, 0.2) is 0 Å². The third-order valence-corrected chi connectivity index (χ3v) is 8.92. The number of nitrogens with zero attached hydrogens (tertiary/aromatic N) is 1. The third-order valence-electron chi connectivity index (χ3n) is 5.56. The van der Waals surface area contributed by atoms with Crippen molar-refractivity contribution in [2.45, 2.75) is 42.1 Å². The van der Waals surface area contributed by atoms with Gasteiger partial charge in [-0.25, -0.2) is 22.4 Å². The number of halogens is 1. The van der Waals surface area contributed by atoms with Gasteiger partial charge in [0.2, 0.25) is 15.9 Å². The standard InChI is InChI=1S/C23H27FN4O6S2/c1-23(2)19(28(14-35-23)36(33,34)17-6-4-3-5-7-17)20(29)27-18(21(30)31)13-26-22(32)25-12-15-8-10-16(24)11-9-15/h3-11,18-19H,12-14H2,1-2H3,(H,27,29)(H,30,31)(H2,25,26,32). The fourth-order valence-corrected chi connectivity index (χ4v) is 6.80. The van der Waals surface area contributed by atoms with Crippen LogP contribution in [0.25, 0.3) is 0 Å². The SMILES string of the molecule is CC1(C)SCN(S(=O)(=O)c2ccccc2)C1C(=O)NC(CNC(=O)NCc1ccc(F)cc1)C(=O)O. The van der Waals surface area contributed by atoms with Crippen LogP contribution in [-0.2, 0) is 26.2 Å². The molecule has 2 unspecified atom stereocenters. The Labute approximate surface area is 212 Å². The van der Waals surface area contributed by atoms with E-state index in [1.165, 1.54) is 48.2 Å². The maximum absolute atomic E-state index is 13.2. The maximum atomic E-state index is 13.2. The molecule has 36 heavy (non-hydrogen) atoms. The summed E-state index contributed by atoms with van der Waals surface area (Å²) < 4.78 is 39.6. The van der Waals surface area contributed by atoms with Crippen molar-refractivity contribution in [2.75, 3.05) is 12.4 Å². The topological polar surface area (TPSA) is 145 Å². The van der Waals surface area contributed by atoms with Gasteiger partial charge in [0, 0.05) is 11.3 Å². The average Bonchev–Trinajstić information content (AvgIpc) is 3.17. The minimum atomic E-state index is -4.02. The molecule has 3 amide bonds. The van der Waals surface area contributed by atoms with Gasteiger partial charge in [0.05, 0.1) is 17.3 Å². The first-order valence-electron chi connectivity index (χ1n) is 10.9. The molecular formula is C23H27FN4O6S2. The highest BCUT2D eigenvalue weighted by Gasteiger charge is 2.51. The number of carboxylic acid groups (broad SMARTS) is 1. The first kappa shape index (κ1) is 27.4. The summed E-state index contributed by atoms with van der Waals surface area (Å²) in [5, 5.41) is 16.8. The second-order valence-corrected chi connectivity index (χ2v) is 12.1. The number of urea groups is 1. The van der Waals surface area contributed by atoms with Crippen LogP contribution in [0.2, 0.25) is 0 Å². The molecule has 1 fully saturated rings. The molecule has 0 radical (unpaired) electrons. The van der Waals surface area contributed by atoms with Gasteiger partial charge in [-0.05, 0) is 43.7 Å². The maximum Gasteiger partial charge on any atom is 0.328 e. The van der Waals surface area contributed by atoms with Gasteiger partial charge in [-0.2, -0.15) is 4.31 Å². The first-order valence-corrected chi connectivity index (χ1v) is 13.3. The van der Waals surface area contributed by atoms with Crippen LogP contribution in [-0.4, -0.2) is 65.0 Å². The number of amides is 3. The first-order chi connectivity index (χ1) is 16.9. The Morgan fingerprint density at radius 3 is 2.36 bits per heavy atom. The Morgan fingerprint density at radius 1 is 1.11 bits per heavy atom. The van der Waals surface area contributed by atoms with Crippen molar-refractivity contribution in [3.8, 4) is 0 Å². The molecule has 2 aromatic carbocycles. The molecule has 4 N–H and O–H groups in total. The van der Waals surface area contributed by atoms with Gasteiger partial charge >= 0.3 is 12.0 Å². The van der Waals surface area contributed by atoms with Crippen molar-refractivity contribution < 1.29 is 32.3 Å². The summed E-state index contributed by atoms with van der Waals surface area (Å²) in [5.74, 6) is -2.58. The van der Waals surface area contributed by atoms with E-state index in [9.17, 15) is 32.3 Å². The van der Waals surface area contributed by atoms with Crippen LogP contribution in [0, 0.1) is 5.82 Å². The minimum Gasteiger partial charge on any atom is -0.480 e. The number of rotatable bonds is 9. The van der Waals surface area contributed by atoms with E-state index in [4.69, 9.17) is 0 Å². The molecule has 1 aliphatic rings. The second kappa shape index (κ2) is 11.3. The highest BCUT2D eigenvalue weighted by molar-refractivity contribution is 8.02. The highest BCUT2D eigenvalue weighted by Crippen LogP contribution is 2.42. The highest BCUT2D eigenvalue weighted by atomic mass is 32.2. The van der Waals surface area contributed by atoms with Gasteiger partial charge in [-0.1, -0.05) is 30.3 Å². The number of benzene rings is 2. The summed E-state index contributed by atoms with van der Waals surface area (Å²) in [6.45, 7) is 3.05. The van der Waals surface area contributed by atoms with Gasteiger partial charge in [-0.3, -0.25) is 4.79 Å². The molecule has 0 bridgehead atoms. The Balaban J connectivity index is 1.65. The van der Waals surface area contributed by atoms with Gasteiger partial charge in [0.1, 0.15) is 17.9 Å². The van der Waals surface area contributed by atoms with Crippen molar-refractivity contribution in [3.63, 3.8) is 0 Å². The number of aliphatic carboxylic acids is 1. The van der Waals surface area contributed by atoms with Gasteiger partial charge < -0.3 is 21.1 Å². The lowest BCUT2D eigenvalue weighted by molar-refractivity contribution is -0.142. The van der Waals surface area contributed by atoms with Crippen LogP contribution in [0.4, 0.5) is 9.18 Å². The summed E-state index contributed by atoms with van der Waals surface area (Å²) >= 11 is 1.26. The van der Waals surface area contributed by atoms with E-state index >= 15 is 0 Å². The number of nitrogens with one attached hydrogen (secondary N) is 3. The zero-order valence-corrected chi connectivity index (χ0v) is 21.2. The minimum absolute atomic E-state index is 0.0180. The number of hydrogen-bond acceptors (Lipinski definition) is 6. The molecule has 0 spiro atoms. The summed E-state index contributed by atoms with van der Waals surface area (Å²) in [6, 6.07) is 9.77. The number of hydrogen-bond donors (Lipinski definition) is 4. The molecule has 2 atom stereocenters. The molecule has 2 aromatic rings. The van der Waals surface area contributed by atoms with Crippen molar-refractivity contribution >= 4 is 39.7 Å². The number of carbonyl (C=O) groups excluding carboxylic acids is 2. The molecule has 3 rings (SSSR count). The van der Waals surface area contributed by atoms with Crippen LogP contribution < -0.4 is 16.0 Å². The lowest BCUT2D eigenvalue weighted by Crippen LogP contribution is -2.58. The molecule has 0 aromatic heterocycles. The van der Waals surface area contributed by atoms with E-state index in [0.29, 0.717) is 5.56 Å². The quantitative estimate of drug-likeness (QED) is 0.381. The summed E-state index contributed by atoms with van der Waals surface area (Å²) in [5.41, 5.74) is 0.635. The summed E-state index contributed by atoms with van der Waals surface area (Å²) in [6.07, 6.45) is 0. The molecular weight excluding hydrogens is 511 g/mol. The van der Waals surface area contributed by atoms with Gasteiger partial charge in [-0.15, -0.1) is 11.8 Å². The lowest BCUT2D eigenvalue weighted by Gasteiger charge is -2.30. The molecule has 1 saturated heterocycles. The van der Waals surface area contributed by atoms with E-state index in [1.807, 2.05) is 0 Å². The zero-order chi connectivity index (χ0) is 26.5.